The Bertz CT molecular complexity index is 456. The fraction of sp³-hybridized carbons (Fsp3) is 0.500. The number of piperidine rings is 1. The Labute approximate surface area is 117 Å². The van der Waals surface area contributed by atoms with Crippen molar-refractivity contribution in [3.05, 3.63) is 30.1 Å². The minimum atomic E-state index is -0.854. The molecule has 6 nitrogen and oxygen atoms in total. The molecule has 0 bridgehead atoms. The molecule has 1 aromatic rings. The summed E-state index contributed by atoms with van der Waals surface area (Å²) < 4.78 is 5.49. The molecule has 0 saturated carbocycles. The van der Waals surface area contributed by atoms with Crippen LogP contribution in [0.1, 0.15) is 29.8 Å². The van der Waals surface area contributed by atoms with Gasteiger partial charge in [0.05, 0.1) is 19.1 Å². The van der Waals surface area contributed by atoms with Crippen LogP contribution in [-0.2, 0) is 9.53 Å². The number of likely N-dealkylation sites (tertiary alicyclic amines) is 1. The van der Waals surface area contributed by atoms with E-state index in [-0.39, 0.29) is 25.0 Å². The van der Waals surface area contributed by atoms with Crippen molar-refractivity contribution in [2.45, 2.75) is 25.4 Å². The van der Waals surface area contributed by atoms with Crippen LogP contribution >= 0.6 is 0 Å². The van der Waals surface area contributed by atoms with E-state index >= 15 is 0 Å². The summed E-state index contributed by atoms with van der Waals surface area (Å²) in [5.74, 6) is -0.914. The molecule has 1 aliphatic rings. The second-order valence-electron chi connectivity index (χ2n) is 4.72. The summed E-state index contributed by atoms with van der Waals surface area (Å²) in [5.41, 5.74) is 0.456. The van der Waals surface area contributed by atoms with Crippen molar-refractivity contribution in [3.8, 4) is 0 Å². The number of aromatic nitrogens is 1. The highest BCUT2D eigenvalue weighted by Gasteiger charge is 2.24. The van der Waals surface area contributed by atoms with E-state index in [2.05, 4.69) is 4.98 Å². The summed E-state index contributed by atoms with van der Waals surface area (Å²) in [4.78, 5) is 28.4. The maximum absolute atomic E-state index is 12.2. The molecule has 1 saturated heterocycles. The maximum Gasteiger partial charge on any atom is 0.305 e. The molecule has 1 fully saturated rings. The quantitative estimate of drug-likeness (QED) is 0.874. The number of rotatable bonds is 5. The van der Waals surface area contributed by atoms with E-state index < -0.39 is 5.97 Å². The van der Waals surface area contributed by atoms with Gasteiger partial charge < -0.3 is 14.7 Å². The van der Waals surface area contributed by atoms with E-state index in [1.165, 1.54) is 0 Å². The van der Waals surface area contributed by atoms with E-state index in [1.54, 1.807) is 29.3 Å². The van der Waals surface area contributed by atoms with Gasteiger partial charge in [0.1, 0.15) is 5.69 Å². The highest BCUT2D eigenvalue weighted by Crippen LogP contribution is 2.15. The van der Waals surface area contributed by atoms with Gasteiger partial charge >= 0.3 is 5.97 Å². The number of ether oxygens (including phenoxy) is 1. The van der Waals surface area contributed by atoms with Gasteiger partial charge in [-0.25, -0.2) is 0 Å². The summed E-state index contributed by atoms with van der Waals surface area (Å²) in [5, 5.41) is 8.54. The number of pyridine rings is 1. The van der Waals surface area contributed by atoms with Crippen LogP contribution in [0, 0.1) is 0 Å². The molecule has 1 aliphatic heterocycles. The second-order valence-corrected chi connectivity index (χ2v) is 4.72. The molecule has 0 radical (unpaired) electrons. The third-order valence-electron chi connectivity index (χ3n) is 3.28. The van der Waals surface area contributed by atoms with Crippen molar-refractivity contribution in [3.63, 3.8) is 0 Å². The minimum absolute atomic E-state index is 0.0209. The monoisotopic (exact) mass is 278 g/mol. The predicted molar refractivity (Wildman–Crippen MR) is 71.4 cm³/mol. The molecule has 2 rings (SSSR count). The smallest absolute Gasteiger partial charge is 0.305 e. The Morgan fingerprint density at radius 2 is 2.10 bits per heavy atom. The fourth-order valence-corrected chi connectivity index (χ4v) is 2.19. The molecule has 0 aliphatic carbocycles. The zero-order chi connectivity index (χ0) is 14.4. The fourth-order valence-electron chi connectivity index (χ4n) is 2.19. The first kappa shape index (κ1) is 14.5. The molecular formula is C14H18N2O4. The molecule has 1 amide bonds. The highest BCUT2D eigenvalue weighted by atomic mass is 16.5. The van der Waals surface area contributed by atoms with E-state index in [1.807, 2.05) is 0 Å². The average Bonchev–Trinajstić information content (AvgIpc) is 2.48. The number of carboxylic acids is 1. The van der Waals surface area contributed by atoms with Crippen molar-refractivity contribution < 1.29 is 19.4 Å². The van der Waals surface area contributed by atoms with Gasteiger partial charge in [0, 0.05) is 19.3 Å². The molecule has 0 spiro atoms. The van der Waals surface area contributed by atoms with Crippen LogP contribution in [0.3, 0.4) is 0 Å². The number of aliphatic carboxylic acids is 1. The molecule has 1 aromatic heterocycles. The number of nitrogens with zero attached hydrogens (tertiary/aromatic N) is 2. The van der Waals surface area contributed by atoms with Gasteiger partial charge in [0.2, 0.25) is 0 Å². The van der Waals surface area contributed by atoms with E-state index in [0.29, 0.717) is 18.8 Å². The minimum Gasteiger partial charge on any atom is -0.481 e. The van der Waals surface area contributed by atoms with Crippen LogP contribution in [0.4, 0.5) is 0 Å². The Hall–Kier alpha value is -1.95. The van der Waals surface area contributed by atoms with Gasteiger partial charge in [-0.05, 0) is 25.0 Å². The maximum atomic E-state index is 12.2. The number of hydrogen-bond donors (Lipinski definition) is 1. The number of carboxylic acid groups (broad SMARTS) is 1. The lowest BCUT2D eigenvalue weighted by Gasteiger charge is -2.31. The third-order valence-corrected chi connectivity index (χ3v) is 3.28. The van der Waals surface area contributed by atoms with Gasteiger partial charge in [0.15, 0.2) is 0 Å². The van der Waals surface area contributed by atoms with Crippen LogP contribution in [0.5, 0.6) is 0 Å². The van der Waals surface area contributed by atoms with Gasteiger partial charge in [-0.15, -0.1) is 0 Å². The summed E-state index contributed by atoms with van der Waals surface area (Å²) in [7, 11) is 0. The summed E-state index contributed by atoms with van der Waals surface area (Å²) in [6.07, 6.45) is 3.14. The van der Waals surface area contributed by atoms with Crippen molar-refractivity contribution in [2.24, 2.45) is 0 Å². The van der Waals surface area contributed by atoms with E-state index in [0.717, 1.165) is 12.8 Å². The summed E-state index contributed by atoms with van der Waals surface area (Å²) >= 11 is 0. The first-order valence-electron chi connectivity index (χ1n) is 6.70. The summed E-state index contributed by atoms with van der Waals surface area (Å²) in [6.45, 7) is 1.47. The van der Waals surface area contributed by atoms with Crippen LogP contribution in [0.25, 0.3) is 0 Å². The lowest BCUT2D eigenvalue weighted by Crippen LogP contribution is -2.41. The number of carbonyl (C=O) groups excluding carboxylic acids is 1. The Morgan fingerprint density at radius 3 is 2.70 bits per heavy atom. The second kappa shape index (κ2) is 7.00. The zero-order valence-electron chi connectivity index (χ0n) is 11.2. The number of amides is 1. The van der Waals surface area contributed by atoms with Crippen molar-refractivity contribution in [1.29, 1.82) is 0 Å². The molecule has 6 heteroatoms. The van der Waals surface area contributed by atoms with Crippen LogP contribution < -0.4 is 0 Å². The highest BCUT2D eigenvalue weighted by molar-refractivity contribution is 5.92. The normalized spacial score (nSPS) is 16.1. The predicted octanol–water partition coefficient (Wildman–Crippen LogP) is 1.18. The van der Waals surface area contributed by atoms with Gasteiger partial charge in [-0.1, -0.05) is 6.07 Å². The molecule has 2 heterocycles. The van der Waals surface area contributed by atoms with Crippen LogP contribution in [0.15, 0.2) is 24.4 Å². The first-order chi connectivity index (χ1) is 9.66. The Morgan fingerprint density at radius 1 is 1.35 bits per heavy atom. The number of hydrogen-bond acceptors (Lipinski definition) is 4. The van der Waals surface area contributed by atoms with E-state index in [9.17, 15) is 9.59 Å². The van der Waals surface area contributed by atoms with Gasteiger partial charge in [-0.2, -0.15) is 0 Å². The standard InChI is InChI=1S/C14H18N2O4/c17-13(18)6-10-20-11-4-8-16(9-5-11)14(19)12-3-1-2-7-15-12/h1-3,7,11H,4-6,8-10H2,(H,17,18). The zero-order valence-corrected chi connectivity index (χ0v) is 11.2. The van der Waals surface area contributed by atoms with E-state index in [4.69, 9.17) is 9.84 Å². The Kier molecular flexibility index (Phi) is 5.06. The van der Waals surface area contributed by atoms with Crippen molar-refractivity contribution in [1.82, 2.24) is 9.88 Å². The third kappa shape index (κ3) is 4.03. The molecule has 108 valence electrons. The average molecular weight is 278 g/mol. The van der Waals surface area contributed by atoms with Crippen molar-refractivity contribution in [2.75, 3.05) is 19.7 Å². The van der Waals surface area contributed by atoms with Crippen LogP contribution in [-0.4, -0.2) is 52.7 Å². The molecule has 20 heavy (non-hydrogen) atoms. The topological polar surface area (TPSA) is 79.7 Å². The van der Waals surface area contributed by atoms with Crippen LogP contribution in [0.2, 0.25) is 0 Å². The van der Waals surface area contributed by atoms with Crippen molar-refractivity contribution >= 4 is 11.9 Å². The SMILES string of the molecule is O=C(O)CCOC1CCN(C(=O)c2ccccn2)CC1. The molecule has 0 atom stereocenters. The first-order valence-corrected chi connectivity index (χ1v) is 6.70. The molecule has 0 aromatic carbocycles. The number of carbonyl (C=O) groups is 2. The lowest BCUT2D eigenvalue weighted by atomic mass is 10.1. The lowest BCUT2D eigenvalue weighted by molar-refractivity contribution is -0.138. The molecule has 1 N–H and O–H groups in total. The molecular weight excluding hydrogens is 260 g/mol. The summed E-state index contributed by atoms with van der Waals surface area (Å²) in [6, 6.07) is 5.28. The van der Waals surface area contributed by atoms with Gasteiger partial charge in [0.25, 0.3) is 5.91 Å². The largest absolute Gasteiger partial charge is 0.481 e. The Balaban J connectivity index is 1.77. The van der Waals surface area contributed by atoms with Gasteiger partial charge in [-0.3, -0.25) is 14.6 Å². The molecule has 0 unspecified atom stereocenters.